The van der Waals surface area contributed by atoms with E-state index < -0.39 is 0 Å². The first-order valence-corrected chi connectivity index (χ1v) is 6.73. The summed E-state index contributed by atoms with van der Waals surface area (Å²) in [6.07, 6.45) is 2.33. The smallest absolute Gasteiger partial charge is 0.0231 e. The van der Waals surface area contributed by atoms with Gasteiger partial charge < -0.3 is 10.2 Å². The van der Waals surface area contributed by atoms with Gasteiger partial charge in [-0.05, 0) is 37.6 Å². The maximum Gasteiger partial charge on any atom is 0.0231 e. The first-order valence-electron chi connectivity index (χ1n) is 6.73. The molecule has 0 radical (unpaired) electrons. The summed E-state index contributed by atoms with van der Waals surface area (Å²) in [5, 5.41) is 3.43. The third-order valence-electron chi connectivity index (χ3n) is 2.98. The summed E-state index contributed by atoms with van der Waals surface area (Å²) in [6.45, 7) is 8.75. The van der Waals surface area contributed by atoms with Crippen LogP contribution >= 0.6 is 0 Å². The van der Waals surface area contributed by atoms with Crippen molar-refractivity contribution < 1.29 is 0 Å². The van der Waals surface area contributed by atoms with Crippen LogP contribution in [0.5, 0.6) is 0 Å². The number of aryl methyl sites for hydroxylation is 1. The molecule has 1 aromatic rings. The summed E-state index contributed by atoms with van der Waals surface area (Å²) in [5.41, 5.74) is 2.82. The van der Waals surface area contributed by atoms with Gasteiger partial charge in [-0.25, -0.2) is 0 Å². The van der Waals surface area contributed by atoms with Gasteiger partial charge in [-0.3, -0.25) is 0 Å². The fourth-order valence-corrected chi connectivity index (χ4v) is 1.84. The van der Waals surface area contributed by atoms with Gasteiger partial charge in [0, 0.05) is 19.6 Å². The third kappa shape index (κ3) is 5.85. The van der Waals surface area contributed by atoms with Crippen molar-refractivity contribution in [2.24, 2.45) is 0 Å². The summed E-state index contributed by atoms with van der Waals surface area (Å²) in [5.74, 6) is 0. The summed E-state index contributed by atoms with van der Waals surface area (Å²) >= 11 is 0. The molecular weight excluding hydrogens is 208 g/mol. The summed E-state index contributed by atoms with van der Waals surface area (Å²) in [7, 11) is 2.18. The van der Waals surface area contributed by atoms with Gasteiger partial charge in [-0.1, -0.05) is 38.1 Å². The molecule has 0 amide bonds. The molecule has 0 bridgehead atoms. The van der Waals surface area contributed by atoms with Crippen LogP contribution in [0, 0.1) is 0 Å². The van der Waals surface area contributed by atoms with Crippen LogP contribution < -0.4 is 5.32 Å². The number of benzene rings is 1. The minimum atomic E-state index is 1.04. The summed E-state index contributed by atoms with van der Waals surface area (Å²) in [4.78, 5) is 2.36. The van der Waals surface area contributed by atoms with E-state index in [2.05, 4.69) is 55.4 Å². The molecule has 1 aromatic carbocycles. The van der Waals surface area contributed by atoms with Crippen molar-refractivity contribution in [1.82, 2.24) is 10.2 Å². The first-order chi connectivity index (χ1) is 8.26. The standard InChI is InChI=1S/C15H26N2/c1-4-10-16-11-12-17(3)13-15-8-6-14(5-2)7-9-15/h6-9,16H,4-5,10-13H2,1-3H3. The zero-order valence-corrected chi connectivity index (χ0v) is 11.5. The van der Waals surface area contributed by atoms with E-state index in [-0.39, 0.29) is 0 Å². The van der Waals surface area contributed by atoms with Crippen LogP contribution in [0.1, 0.15) is 31.4 Å². The van der Waals surface area contributed by atoms with Crippen molar-refractivity contribution in [3.05, 3.63) is 35.4 Å². The van der Waals surface area contributed by atoms with E-state index in [1.165, 1.54) is 17.5 Å². The minimum Gasteiger partial charge on any atom is -0.315 e. The molecule has 0 aliphatic rings. The van der Waals surface area contributed by atoms with Crippen LogP contribution in [-0.4, -0.2) is 31.6 Å². The van der Waals surface area contributed by atoms with Gasteiger partial charge in [0.2, 0.25) is 0 Å². The van der Waals surface area contributed by atoms with Gasteiger partial charge in [0.1, 0.15) is 0 Å². The highest BCUT2D eigenvalue weighted by atomic mass is 15.1. The molecule has 0 fully saturated rings. The highest BCUT2D eigenvalue weighted by Crippen LogP contribution is 2.06. The van der Waals surface area contributed by atoms with E-state index in [1.54, 1.807) is 0 Å². The lowest BCUT2D eigenvalue weighted by molar-refractivity contribution is 0.324. The van der Waals surface area contributed by atoms with Crippen LogP contribution in [0.3, 0.4) is 0 Å². The Kier molecular flexibility index (Phi) is 6.90. The molecule has 0 atom stereocenters. The van der Waals surface area contributed by atoms with Gasteiger partial charge in [0.05, 0.1) is 0 Å². The molecule has 1 rings (SSSR count). The second kappa shape index (κ2) is 8.26. The average Bonchev–Trinajstić information content (AvgIpc) is 2.36. The molecule has 0 aromatic heterocycles. The molecule has 1 N–H and O–H groups in total. The highest BCUT2D eigenvalue weighted by molar-refractivity contribution is 5.22. The topological polar surface area (TPSA) is 15.3 Å². The van der Waals surface area contributed by atoms with Crippen LogP contribution in [0.25, 0.3) is 0 Å². The predicted octanol–water partition coefficient (Wildman–Crippen LogP) is 2.68. The third-order valence-corrected chi connectivity index (χ3v) is 2.98. The Balaban J connectivity index is 2.26. The minimum absolute atomic E-state index is 1.04. The first kappa shape index (κ1) is 14.2. The molecular formula is C15H26N2. The van der Waals surface area contributed by atoms with Crippen molar-refractivity contribution in [2.45, 2.75) is 33.2 Å². The zero-order chi connectivity index (χ0) is 12.5. The summed E-state index contributed by atoms with van der Waals surface area (Å²) in [6, 6.07) is 8.96. The lowest BCUT2D eigenvalue weighted by Gasteiger charge is -2.17. The molecule has 96 valence electrons. The Bertz CT molecular complexity index is 292. The van der Waals surface area contributed by atoms with Gasteiger partial charge >= 0.3 is 0 Å². The zero-order valence-electron chi connectivity index (χ0n) is 11.5. The van der Waals surface area contributed by atoms with E-state index in [4.69, 9.17) is 0 Å². The Labute approximate surface area is 106 Å². The van der Waals surface area contributed by atoms with Crippen molar-refractivity contribution in [2.75, 3.05) is 26.7 Å². The van der Waals surface area contributed by atoms with Crippen LogP contribution in [-0.2, 0) is 13.0 Å². The fourth-order valence-electron chi connectivity index (χ4n) is 1.84. The number of hydrogen-bond donors (Lipinski definition) is 1. The normalized spacial score (nSPS) is 11.1. The molecule has 2 heteroatoms. The van der Waals surface area contributed by atoms with Crippen LogP contribution in [0.4, 0.5) is 0 Å². The Morgan fingerprint density at radius 1 is 1.00 bits per heavy atom. The molecule has 0 aliphatic carbocycles. The Hall–Kier alpha value is -0.860. The van der Waals surface area contributed by atoms with Crippen molar-refractivity contribution in [1.29, 1.82) is 0 Å². The Morgan fingerprint density at radius 3 is 2.24 bits per heavy atom. The van der Waals surface area contributed by atoms with Crippen LogP contribution in [0.2, 0.25) is 0 Å². The molecule has 0 unspecified atom stereocenters. The van der Waals surface area contributed by atoms with Gasteiger partial charge in [0.25, 0.3) is 0 Å². The van der Waals surface area contributed by atoms with Crippen molar-refractivity contribution >= 4 is 0 Å². The molecule has 0 heterocycles. The Morgan fingerprint density at radius 2 is 1.65 bits per heavy atom. The van der Waals surface area contributed by atoms with Crippen LogP contribution in [0.15, 0.2) is 24.3 Å². The second-order valence-electron chi connectivity index (χ2n) is 4.66. The number of nitrogens with zero attached hydrogens (tertiary/aromatic N) is 1. The molecule has 2 nitrogen and oxygen atoms in total. The molecule has 17 heavy (non-hydrogen) atoms. The van der Waals surface area contributed by atoms with E-state index in [9.17, 15) is 0 Å². The van der Waals surface area contributed by atoms with Crippen molar-refractivity contribution in [3.8, 4) is 0 Å². The SMILES string of the molecule is CCCNCCN(C)Cc1ccc(CC)cc1. The maximum atomic E-state index is 3.43. The second-order valence-corrected chi connectivity index (χ2v) is 4.66. The monoisotopic (exact) mass is 234 g/mol. The number of likely N-dealkylation sites (N-methyl/N-ethyl adjacent to an activating group) is 1. The molecule has 0 saturated heterocycles. The molecule has 0 aliphatic heterocycles. The van der Waals surface area contributed by atoms with E-state index in [0.717, 1.165) is 32.6 Å². The van der Waals surface area contributed by atoms with E-state index in [0.29, 0.717) is 0 Å². The van der Waals surface area contributed by atoms with E-state index >= 15 is 0 Å². The number of hydrogen-bond acceptors (Lipinski definition) is 2. The lowest BCUT2D eigenvalue weighted by Crippen LogP contribution is -2.29. The van der Waals surface area contributed by atoms with Gasteiger partial charge in [0.15, 0.2) is 0 Å². The van der Waals surface area contributed by atoms with E-state index in [1.807, 2.05) is 0 Å². The predicted molar refractivity (Wildman–Crippen MR) is 75.3 cm³/mol. The quantitative estimate of drug-likeness (QED) is 0.696. The van der Waals surface area contributed by atoms with Gasteiger partial charge in [-0.15, -0.1) is 0 Å². The van der Waals surface area contributed by atoms with Gasteiger partial charge in [-0.2, -0.15) is 0 Å². The number of rotatable bonds is 8. The van der Waals surface area contributed by atoms with Crippen molar-refractivity contribution in [3.63, 3.8) is 0 Å². The molecule has 0 saturated carbocycles. The fraction of sp³-hybridized carbons (Fsp3) is 0.600. The largest absolute Gasteiger partial charge is 0.315 e. The molecule has 0 spiro atoms. The average molecular weight is 234 g/mol. The maximum absolute atomic E-state index is 3.43. The lowest BCUT2D eigenvalue weighted by atomic mass is 10.1. The number of nitrogens with one attached hydrogen (secondary N) is 1. The summed E-state index contributed by atoms with van der Waals surface area (Å²) < 4.78 is 0. The highest BCUT2D eigenvalue weighted by Gasteiger charge is 1.99.